The molecule has 23 heavy (non-hydrogen) atoms. The van der Waals surface area contributed by atoms with E-state index < -0.39 is 0 Å². The van der Waals surface area contributed by atoms with Gasteiger partial charge in [0.15, 0.2) is 5.82 Å². The molecule has 0 aromatic carbocycles. The molecular formula is C16H29N5O2. The van der Waals surface area contributed by atoms with Gasteiger partial charge >= 0.3 is 0 Å². The zero-order chi connectivity index (χ0) is 16.8. The Bertz CT molecular complexity index is 494. The van der Waals surface area contributed by atoms with Crippen LogP contribution < -0.4 is 5.32 Å². The van der Waals surface area contributed by atoms with E-state index in [9.17, 15) is 4.79 Å². The van der Waals surface area contributed by atoms with Crippen molar-refractivity contribution in [2.24, 2.45) is 0 Å². The minimum Gasteiger partial charge on any atom is -0.353 e. The second-order valence-electron chi connectivity index (χ2n) is 6.63. The van der Waals surface area contributed by atoms with Gasteiger partial charge in [-0.3, -0.25) is 14.6 Å². The van der Waals surface area contributed by atoms with Crippen LogP contribution in [0.4, 0.5) is 0 Å². The molecule has 1 N–H and O–H groups in total. The molecule has 1 aliphatic rings. The first-order valence-electron chi connectivity index (χ1n) is 8.54. The van der Waals surface area contributed by atoms with Gasteiger partial charge in [-0.05, 0) is 13.3 Å². The molecule has 0 radical (unpaired) electrons. The number of rotatable bonds is 7. The van der Waals surface area contributed by atoms with Crippen LogP contribution in [0.2, 0.25) is 0 Å². The van der Waals surface area contributed by atoms with Gasteiger partial charge in [0, 0.05) is 38.1 Å². The lowest BCUT2D eigenvalue weighted by Gasteiger charge is -2.33. The van der Waals surface area contributed by atoms with Crippen molar-refractivity contribution in [2.75, 3.05) is 32.7 Å². The van der Waals surface area contributed by atoms with E-state index in [0.29, 0.717) is 19.0 Å². The Morgan fingerprint density at radius 3 is 2.43 bits per heavy atom. The number of nitrogens with one attached hydrogen (secondary N) is 1. The summed E-state index contributed by atoms with van der Waals surface area (Å²) in [6, 6.07) is 0.247. The molecule has 130 valence electrons. The maximum atomic E-state index is 11.9. The third kappa shape index (κ3) is 5.58. The molecule has 0 spiro atoms. The SMILES string of the molecule is CC[C@H](C)NC(=O)CN1CCN(Cc2nc(C(C)C)no2)CC1. The first kappa shape index (κ1) is 17.9. The fourth-order valence-corrected chi connectivity index (χ4v) is 2.49. The highest BCUT2D eigenvalue weighted by atomic mass is 16.5. The average Bonchev–Trinajstić information content (AvgIpc) is 2.98. The van der Waals surface area contributed by atoms with Crippen LogP contribution >= 0.6 is 0 Å². The molecule has 0 aliphatic carbocycles. The van der Waals surface area contributed by atoms with E-state index >= 15 is 0 Å². The van der Waals surface area contributed by atoms with Gasteiger partial charge in [0.2, 0.25) is 11.8 Å². The fourth-order valence-electron chi connectivity index (χ4n) is 2.49. The Morgan fingerprint density at radius 1 is 1.22 bits per heavy atom. The summed E-state index contributed by atoms with van der Waals surface area (Å²) < 4.78 is 5.30. The Hall–Kier alpha value is -1.47. The Morgan fingerprint density at radius 2 is 1.87 bits per heavy atom. The standard InChI is InChI=1S/C16H29N5O2/c1-5-13(4)17-14(22)10-20-6-8-21(9-7-20)11-15-18-16(12(2)3)19-23-15/h12-13H,5-11H2,1-4H3,(H,17,22)/t13-/m0/s1. The summed E-state index contributed by atoms with van der Waals surface area (Å²) >= 11 is 0. The molecular weight excluding hydrogens is 294 g/mol. The third-order valence-electron chi connectivity index (χ3n) is 4.21. The molecule has 1 aromatic heterocycles. The number of hydrogen-bond acceptors (Lipinski definition) is 6. The van der Waals surface area contributed by atoms with Crippen LogP contribution in [0.1, 0.15) is 51.7 Å². The van der Waals surface area contributed by atoms with E-state index in [0.717, 1.165) is 38.4 Å². The van der Waals surface area contributed by atoms with Crippen molar-refractivity contribution < 1.29 is 9.32 Å². The van der Waals surface area contributed by atoms with Crippen LogP contribution in [0, 0.1) is 0 Å². The largest absolute Gasteiger partial charge is 0.353 e. The van der Waals surface area contributed by atoms with Gasteiger partial charge in [0.05, 0.1) is 13.1 Å². The van der Waals surface area contributed by atoms with E-state index in [-0.39, 0.29) is 17.9 Å². The summed E-state index contributed by atoms with van der Waals surface area (Å²) in [6.07, 6.45) is 0.960. The lowest BCUT2D eigenvalue weighted by Crippen LogP contribution is -2.49. The summed E-state index contributed by atoms with van der Waals surface area (Å²) in [5.74, 6) is 1.84. The van der Waals surface area contributed by atoms with Crippen molar-refractivity contribution >= 4 is 5.91 Å². The van der Waals surface area contributed by atoms with E-state index in [1.54, 1.807) is 0 Å². The molecule has 1 atom stereocenters. The van der Waals surface area contributed by atoms with Gasteiger partial charge < -0.3 is 9.84 Å². The fraction of sp³-hybridized carbons (Fsp3) is 0.812. The van der Waals surface area contributed by atoms with E-state index in [2.05, 4.69) is 46.0 Å². The molecule has 0 bridgehead atoms. The van der Waals surface area contributed by atoms with E-state index in [1.165, 1.54) is 0 Å². The van der Waals surface area contributed by atoms with E-state index in [4.69, 9.17) is 4.52 Å². The Balaban J connectivity index is 1.72. The zero-order valence-corrected chi connectivity index (χ0v) is 14.7. The third-order valence-corrected chi connectivity index (χ3v) is 4.21. The van der Waals surface area contributed by atoms with Crippen molar-refractivity contribution in [3.8, 4) is 0 Å². The molecule has 1 aliphatic heterocycles. The first-order chi connectivity index (χ1) is 11.0. The van der Waals surface area contributed by atoms with Gasteiger partial charge in [-0.2, -0.15) is 4.98 Å². The van der Waals surface area contributed by atoms with Crippen molar-refractivity contribution in [2.45, 2.75) is 52.6 Å². The molecule has 2 heterocycles. The summed E-state index contributed by atoms with van der Waals surface area (Å²) in [7, 11) is 0. The Labute approximate surface area is 138 Å². The molecule has 0 unspecified atom stereocenters. The minimum absolute atomic E-state index is 0.117. The van der Waals surface area contributed by atoms with Gasteiger partial charge in [0.1, 0.15) is 0 Å². The van der Waals surface area contributed by atoms with Crippen LogP contribution in [-0.4, -0.2) is 64.6 Å². The van der Waals surface area contributed by atoms with Crippen LogP contribution in [0.3, 0.4) is 0 Å². The van der Waals surface area contributed by atoms with Gasteiger partial charge in [0.25, 0.3) is 0 Å². The zero-order valence-electron chi connectivity index (χ0n) is 14.7. The number of piperazine rings is 1. The summed E-state index contributed by atoms with van der Waals surface area (Å²) in [4.78, 5) is 20.8. The molecule has 1 saturated heterocycles. The van der Waals surface area contributed by atoms with Crippen LogP contribution in [0.5, 0.6) is 0 Å². The number of aromatic nitrogens is 2. The lowest BCUT2D eigenvalue weighted by atomic mass is 10.2. The molecule has 1 fully saturated rings. The number of hydrogen-bond donors (Lipinski definition) is 1. The maximum Gasteiger partial charge on any atom is 0.240 e. The quantitative estimate of drug-likeness (QED) is 0.813. The maximum absolute atomic E-state index is 11.9. The van der Waals surface area contributed by atoms with Crippen molar-refractivity contribution in [3.63, 3.8) is 0 Å². The summed E-state index contributed by atoms with van der Waals surface area (Å²) in [6.45, 7) is 13.0. The predicted molar refractivity (Wildman–Crippen MR) is 88.0 cm³/mol. The number of amides is 1. The molecule has 7 nitrogen and oxygen atoms in total. The molecule has 1 amide bonds. The monoisotopic (exact) mass is 323 g/mol. The molecule has 7 heteroatoms. The predicted octanol–water partition coefficient (Wildman–Crippen LogP) is 1.23. The number of nitrogens with zero attached hydrogens (tertiary/aromatic N) is 4. The molecule has 1 aromatic rings. The van der Waals surface area contributed by atoms with Crippen molar-refractivity contribution in [1.82, 2.24) is 25.3 Å². The smallest absolute Gasteiger partial charge is 0.240 e. The van der Waals surface area contributed by atoms with E-state index in [1.807, 2.05) is 6.92 Å². The molecule has 0 saturated carbocycles. The van der Waals surface area contributed by atoms with Crippen LogP contribution in [-0.2, 0) is 11.3 Å². The molecule has 2 rings (SSSR count). The lowest BCUT2D eigenvalue weighted by molar-refractivity contribution is -0.123. The second kappa shape index (κ2) is 8.40. The van der Waals surface area contributed by atoms with Crippen molar-refractivity contribution in [3.05, 3.63) is 11.7 Å². The van der Waals surface area contributed by atoms with Crippen LogP contribution in [0.15, 0.2) is 4.52 Å². The van der Waals surface area contributed by atoms with Crippen LogP contribution in [0.25, 0.3) is 0 Å². The van der Waals surface area contributed by atoms with Gasteiger partial charge in [-0.25, -0.2) is 0 Å². The van der Waals surface area contributed by atoms with Gasteiger partial charge in [-0.1, -0.05) is 25.9 Å². The average molecular weight is 323 g/mol. The number of carbonyl (C=O) groups excluding carboxylic acids is 1. The topological polar surface area (TPSA) is 74.5 Å². The highest BCUT2D eigenvalue weighted by Gasteiger charge is 2.21. The van der Waals surface area contributed by atoms with Crippen molar-refractivity contribution in [1.29, 1.82) is 0 Å². The number of carbonyl (C=O) groups is 1. The normalized spacial score (nSPS) is 18.3. The highest BCUT2D eigenvalue weighted by Crippen LogP contribution is 2.12. The second-order valence-corrected chi connectivity index (χ2v) is 6.63. The summed E-state index contributed by atoms with van der Waals surface area (Å²) in [5.41, 5.74) is 0. The Kier molecular flexibility index (Phi) is 6.53. The van der Waals surface area contributed by atoms with Gasteiger partial charge in [-0.15, -0.1) is 0 Å². The summed E-state index contributed by atoms with van der Waals surface area (Å²) in [5, 5.41) is 7.01. The first-order valence-corrected chi connectivity index (χ1v) is 8.54. The minimum atomic E-state index is 0.117. The highest BCUT2D eigenvalue weighted by molar-refractivity contribution is 5.78.